The summed E-state index contributed by atoms with van der Waals surface area (Å²) in [6.07, 6.45) is 2.37. The average Bonchev–Trinajstić information content (AvgIpc) is 3.40. The van der Waals surface area contributed by atoms with Gasteiger partial charge in [0, 0.05) is 6.54 Å². The fraction of sp³-hybridized carbons (Fsp3) is 0.769. The van der Waals surface area contributed by atoms with Gasteiger partial charge in [-0.1, -0.05) is 34.1 Å². The van der Waals surface area contributed by atoms with E-state index in [1.54, 1.807) is 13.8 Å². The number of likely N-dealkylation sites (tertiary alicyclic amines) is 1. The topological polar surface area (TPSA) is 247 Å². The predicted octanol–water partition coefficient (Wildman–Crippen LogP) is -1.32. The zero-order valence-corrected chi connectivity index (χ0v) is 26.5. The lowest BCUT2D eigenvalue weighted by Crippen LogP contribution is -2.60. The second kappa shape index (κ2) is 17.4. The molecule has 1 aliphatic heterocycles. The minimum atomic E-state index is -5.08. The molecule has 17 heteroatoms. The first-order valence-corrected chi connectivity index (χ1v) is 15.9. The molecule has 0 aromatic heterocycles. The SMILES string of the molecule is CC[C@H](C)[C@H](NC(=O)[C@H](C)NC(=O)[C@H](C)N)C(=O)N[C@@H](COP(=O)(O)O)C(=O)N[C@@H](CC(C)C)C(=O)N1CCC[C@H]1C=O. The third-order valence-corrected chi connectivity index (χ3v) is 7.55. The maximum atomic E-state index is 13.4. The van der Waals surface area contributed by atoms with Gasteiger partial charge in [0.1, 0.15) is 30.5 Å². The quantitative estimate of drug-likeness (QED) is 0.0731. The summed E-state index contributed by atoms with van der Waals surface area (Å²) in [6, 6.07) is -6.56. The number of nitrogens with two attached hydrogens (primary N) is 1. The zero-order valence-electron chi connectivity index (χ0n) is 25.6. The van der Waals surface area contributed by atoms with E-state index in [2.05, 4.69) is 25.8 Å². The number of hydrogen-bond acceptors (Lipinski definition) is 9. The summed E-state index contributed by atoms with van der Waals surface area (Å²) in [5.74, 6) is -4.16. The summed E-state index contributed by atoms with van der Waals surface area (Å²) in [4.78, 5) is 96.1. The molecule has 0 aliphatic carbocycles. The Labute approximate surface area is 251 Å². The smallest absolute Gasteiger partial charge is 0.343 e. The third kappa shape index (κ3) is 12.7. The maximum absolute atomic E-state index is 13.4. The van der Waals surface area contributed by atoms with E-state index < -0.39 is 86.1 Å². The number of carbonyl (C=O) groups excluding carboxylic acids is 6. The number of nitrogens with one attached hydrogen (secondary N) is 4. The number of phosphoric acid groups is 1. The summed E-state index contributed by atoms with van der Waals surface area (Å²) in [5.41, 5.74) is 5.52. The standard InChI is InChI=1S/C26H47N6O10P/c1-7-15(4)21(31-23(35)17(6)28-22(34)16(5)27)25(37)30-20(13-42-43(39,40)41)24(36)29-19(11-14(2)3)26(38)32-10-8-9-18(32)12-33/h12,14-21H,7-11,13,27H2,1-6H3,(H,28,34)(H,29,36)(H,30,37)(H,31,35)(H2,39,40,41)/t15-,16-,17-,18-,19-,20-,21-/m0/s1. The predicted molar refractivity (Wildman–Crippen MR) is 155 cm³/mol. The minimum Gasteiger partial charge on any atom is -0.343 e. The molecule has 1 fully saturated rings. The van der Waals surface area contributed by atoms with E-state index in [0.717, 1.165) is 0 Å². The summed E-state index contributed by atoms with van der Waals surface area (Å²) < 4.78 is 16.0. The molecule has 0 radical (unpaired) electrons. The molecule has 0 aromatic rings. The molecule has 0 spiro atoms. The normalized spacial score (nSPS) is 19.4. The Hall–Kier alpha value is -2.91. The number of amides is 5. The first-order chi connectivity index (χ1) is 19.9. The summed E-state index contributed by atoms with van der Waals surface area (Å²) in [6.45, 7) is 9.26. The van der Waals surface area contributed by atoms with Crippen molar-refractivity contribution in [3.8, 4) is 0 Å². The molecule has 0 bridgehead atoms. The first-order valence-electron chi connectivity index (χ1n) is 14.3. The highest BCUT2D eigenvalue weighted by atomic mass is 31.2. The van der Waals surface area contributed by atoms with Crippen LogP contribution >= 0.6 is 7.82 Å². The molecule has 0 unspecified atom stereocenters. The lowest BCUT2D eigenvalue weighted by molar-refractivity contribution is -0.140. The Morgan fingerprint density at radius 1 is 0.953 bits per heavy atom. The fourth-order valence-electron chi connectivity index (χ4n) is 4.38. The third-order valence-electron chi connectivity index (χ3n) is 7.06. The Morgan fingerprint density at radius 3 is 2.07 bits per heavy atom. The van der Waals surface area contributed by atoms with Crippen molar-refractivity contribution < 1.29 is 47.6 Å². The second-order valence-electron chi connectivity index (χ2n) is 11.3. The second-order valence-corrected chi connectivity index (χ2v) is 12.5. The van der Waals surface area contributed by atoms with Crippen LogP contribution in [-0.4, -0.2) is 99.9 Å². The van der Waals surface area contributed by atoms with E-state index in [1.165, 1.54) is 18.7 Å². The van der Waals surface area contributed by atoms with Gasteiger partial charge in [-0.3, -0.25) is 28.5 Å². The van der Waals surface area contributed by atoms with Crippen LogP contribution in [0.1, 0.15) is 67.2 Å². The van der Waals surface area contributed by atoms with Gasteiger partial charge in [0.15, 0.2) is 0 Å². The van der Waals surface area contributed by atoms with Crippen LogP contribution in [0, 0.1) is 11.8 Å². The van der Waals surface area contributed by atoms with Crippen LogP contribution in [0.5, 0.6) is 0 Å². The van der Waals surface area contributed by atoms with E-state index >= 15 is 0 Å². The van der Waals surface area contributed by atoms with Gasteiger partial charge < -0.3 is 46.5 Å². The highest BCUT2D eigenvalue weighted by Crippen LogP contribution is 2.35. The highest BCUT2D eigenvalue weighted by molar-refractivity contribution is 7.46. The monoisotopic (exact) mass is 634 g/mol. The average molecular weight is 635 g/mol. The Balaban J connectivity index is 3.21. The van der Waals surface area contributed by atoms with Gasteiger partial charge in [-0.2, -0.15) is 0 Å². The largest absolute Gasteiger partial charge is 0.469 e. The van der Waals surface area contributed by atoms with E-state index in [0.29, 0.717) is 32.1 Å². The van der Waals surface area contributed by atoms with Gasteiger partial charge in [-0.25, -0.2) is 4.57 Å². The van der Waals surface area contributed by atoms with Crippen molar-refractivity contribution in [2.75, 3.05) is 13.2 Å². The molecule has 1 saturated heterocycles. The van der Waals surface area contributed by atoms with Crippen LogP contribution in [0.3, 0.4) is 0 Å². The maximum Gasteiger partial charge on any atom is 0.469 e. The lowest BCUT2D eigenvalue weighted by Gasteiger charge is -2.30. The molecule has 1 aliphatic rings. The number of phosphoric ester groups is 1. The van der Waals surface area contributed by atoms with Crippen LogP contribution in [0.2, 0.25) is 0 Å². The van der Waals surface area contributed by atoms with Crippen LogP contribution in [0.25, 0.3) is 0 Å². The van der Waals surface area contributed by atoms with Crippen molar-refractivity contribution in [1.82, 2.24) is 26.2 Å². The minimum absolute atomic E-state index is 0.0688. The molecular weight excluding hydrogens is 587 g/mol. The molecule has 1 heterocycles. The Morgan fingerprint density at radius 2 is 1.56 bits per heavy atom. The van der Waals surface area contributed by atoms with Crippen molar-refractivity contribution in [2.45, 2.75) is 103 Å². The number of hydrogen-bond donors (Lipinski definition) is 7. The summed E-state index contributed by atoms with van der Waals surface area (Å²) in [5, 5.41) is 9.87. The number of nitrogens with zero attached hydrogens (tertiary/aromatic N) is 1. The number of rotatable bonds is 17. The van der Waals surface area contributed by atoms with Crippen LogP contribution in [0.4, 0.5) is 0 Å². The molecule has 7 atom stereocenters. The summed E-state index contributed by atoms with van der Waals surface area (Å²) in [7, 11) is -5.08. The van der Waals surface area contributed by atoms with E-state index in [-0.39, 0.29) is 12.3 Å². The summed E-state index contributed by atoms with van der Waals surface area (Å²) >= 11 is 0. The molecule has 5 amide bonds. The zero-order chi connectivity index (χ0) is 33.1. The molecular formula is C26H47N6O10P. The fourth-order valence-corrected chi connectivity index (χ4v) is 4.72. The first kappa shape index (κ1) is 38.1. The van der Waals surface area contributed by atoms with Gasteiger partial charge in [0.2, 0.25) is 29.5 Å². The molecule has 0 saturated carbocycles. The molecule has 16 nitrogen and oxygen atoms in total. The van der Waals surface area contributed by atoms with Crippen molar-refractivity contribution in [3.63, 3.8) is 0 Å². The lowest BCUT2D eigenvalue weighted by atomic mass is 9.97. The van der Waals surface area contributed by atoms with Gasteiger partial charge in [0.25, 0.3) is 0 Å². The molecule has 1 rings (SSSR count). The van der Waals surface area contributed by atoms with Crippen molar-refractivity contribution in [3.05, 3.63) is 0 Å². The van der Waals surface area contributed by atoms with Crippen molar-refractivity contribution in [1.29, 1.82) is 0 Å². The van der Waals surface area contributed by atoms with Gasteiger partial charge >= 0.3 is 7.82 Å². The molecule has 0 aromatic carbocycles. The van der Waals surface area contributed by atoms with Gasteiger partial charge in [-0.15, -0.1) is 0 Å². The van der Waals surface area contributed by atoms with Gasteiger partial charge in [-0.05, 0) is 44.9 Å². The van der Waals surface area contributed by atoms with Crippen molar-refractivity contribution >= 4 is 43.6 Å². The highest BCUT2D eigenvalue weighted by Gasteiger charge is 2.37. The van der Waals surface area contributed by atoms with Crippen LogP contribution < -0.4 is 27.0 Å². The molecule has 8 N–H and O–H groups in total. The van der Waals surface area contributed by atoms with E-state index in [9.17, 15) is 43.1 Å². The Kier molecular flexibility index (Phi) is 15.4. The van der Waals surface area contributed by atoms with Gasteiger partial charge in [0.05, 0.1) is 18.7 Å². The van der Waals surface area contributed by atoms with Crippen LogP contribution in [-0.2, 0) is 37.9 Å². The van der Waals surface area contributed by atoms with Crippen LogP contribution in [0.15, 0.2) is 0 Å². The Bertz CT molecular complexity index is 1050. The molecule has 43 heavy (non-hydrogen) atoms. The molecule has 246 valence electrons. The van der Waals surface area contributed by atoms with Crippen molar-refractivity contribution in [2.24, 2.45) is 17.6 Å². The van der Waals surface area contributed by atoms with E-state index in [4.69, 9.17) is 5.73 Å². The number of carbonyl (C=O) groups is 6. The van der Waals surface area contributed by atoms with E-state index in [1.807, 2.05) is 13.8 Å². The number of aldehydes is 1.